The third kappa shape index (κ3) is 21.2. The average molecular weight is 353 g/mol. The van der Waals surface area contributed by atoms with Crippen LogP contribution < -0.4 is 0 Å². The van der Waals surface area contributed by atoms with Crippen molar-refractivity contribution in [2.75, 3.05) is 7.11 Å². The van der Waals surface area contributed by atoms with E-state index in [9.17, 15) is 4.79 Å². The van der Waals surface area contributed by atoms with Crippen LogP contribution in [0.25, 0.3) is 0 Å². The van der Waals surface area contributed by atoms with E-state index in [1.807, 2.05) is 0 Å². The van der Waals surface area contributed by atoms with Gasteiger partial charge in [0.05, 0.1) is 7.11 Å². The molecule has 0 amide bonds. The first-order valence-electron chi connectivity index (χ1n) is 11.0. The lowest BCUT2D eigenvalue weighted by atomic mass is 10.0. The van der Waals surface area contributed by atoms with Crippen molar-refractivity contribution >= 4 is 5.97 Å². The van der Waals surface area contributed by atoms with Gasteiger partial charge in [-0.25, -0.2) is 0 Å². The topological polar surface area (TPSA) is 26.3 Å². The van der Waals surface area contributed by atoms with E-state index in [4.69, 9.17) is 0 Å². The molecule has 0 aromatic carbocycles. The Morgan fingerprint density at radius 3 is 1.48 bits per heavy atom. The van der Waals surface area contributed by atoms with Crippen molar-refractivity contribution < 1.29 is 9.53 Å². The zero-order valence-electron chi connectivity index (χ0n) is 17.2. The van der Waals surface area contributed by atoms with Gasteiger partial charge >= 0.3 is 5.97 Å². The normalized spacial score (nSPS) is 11.3. The van der Waals surface area contributed by atoms with Gasteiger partial charge in [-0.1, -0.05) is 96.1 Å². The molecule has 0 N–H and O–H groups in total. The Morgan fingerprint density at radius 1 is 0.640 bits per heavy atom. The molecule has 2 nitrogen and oxygen atoms in total. The Hall–Kier alpha value is -0.790. The Balaban J connectivity index is 3.09. The lowest BCUT2D eigenvalue weighted by Crippen LogP contribution is -1.98. The zero-order valence-corrected chi connectivity index (χ0v) is 17.2. The van der Waals surface area contributed by atoms with Crippen LogP contribution in [0.3, 0.4) is 0 Å². The SMILES string of the molecule is CCCCCCCCCCCCCCCC=CCCCCC(=O)OC. The smallest absolute Gasteiger partial charge is 0.305 e. The minimum Gasteiger partial charge on any atom is -0.469 e. The Bertz CT molecular complexity index is 296. The molecule has 0 bridgehead atoms. The van der Waals surface area contributed by atoms with Crippen molar-refractivity contribution in [3.63, 3.8) is 0 Å². The Labute approximate surface area is 157 Å². The summed E-state index contributed by atoms with van der Waals surface area (Å²) >= 11 is 0. The van der Waals surface area contributed by atoms with Gasteiger partial charge in [-0.3, -0.25) is 4.79 Å². The van der Waals surface area contributed by atoms with Crippen LogP contribution in [-0.2, 0) is 9.53 Å². The summed E-state index contributed by atoms with van der Waals surface area (Å²) in [6.07, 6.45) is 27.9. The number of rotatable bonds is 19. The number of hydrogen-bond acceptors (Lipinski definition) is 2. The van der Waals surface area contributed by atoms with Crippen molar-refractivity contribution in [1.82, 2.24) is 0 Å². The van der Waals surface area contributed by atoms with Crippen molar-refractivity contribution in [3.8, 4) is 0 Å². The second-order valence-corrected chi connectivity index (χ2v) is 7.32. The summed E-state index contributed by atoms with van der Waals surface area (Å²) in [7, 11) is 1.46. The molecule has 0 fully saturated rings. The van der Waals surface area contributed by atoms with Crippen LogP contribution in [0.2, 0.25) is 0 Å². The maximum Gasteiger partial charge on any atom is 0.305 e. The van der Waals surface area contributed by atoms with Gasteiger partial charge in [0, 0.05) is 6.42 Å². The molecule has 0 aliphatic rings. The zero-order chi connectivity index (χ0) is 18.4. The third-order valence-electron chi connectivity index (χ3n) is 4.87. The number of hydrogen-bond donors (Lipinski definition) is 0. The van der Waals surface area contributed by atoms with Gasteiger partial charge in [-0.15, -0.1) is 0 Å². The van der Waals surface area contributed by atoms with E-state index >= 15 is 0 Å². The molecule has 2 heteroatoms. The van der Waals surface area contributed by atoms with Crippen molar-refractivity contribution in [3.05, 3.63) is 12.2 Å². The number of carbonyl (C=O) groups is 1. The van der Waals surface area contributed by atoms with Crippen LogP contribution in [0.1, 0.15) is 122 Å². The van der Waals surface area contributed by atoms with E-state index in [0.29, 0.717) is 6.42 Å². The van der Waals surface area contributed by atoms with Gasteiger partial charge < -0.3 is 4.74 Å². The first-order chi connectivity index (χ1) is 12.3. The summed E-state index contributed by atoms with van der Waals surface area (Å²) < 4.78 is 4.63. The van der Waals surface area contributed by atoms with Gasteiger partial charge in [0.2, 0.25) is 0 Å². The largest absolute Gasteiger partial charge is 0.469 e. The number of esters is 1. The van der Waals surface area contributed by atoms with Gasteiger partial charge in [-0.2, -0.15) is 0 Å². The van der Waals surface area contributed by atoms with Gasteiger partial charge in [0.1, 0.15) is 0 Å². The first-order valence-corrected chi connectivity index (χ1v) is 11.0. The van der Waals surface area contributed by atoms with Crippen LogP contribution in [0.15, 0.2) is 12.2 Å². The molecule has 0 aromatic heterocycles. The first kappa shape index (κ1) is 24.2. The fourth-order valence-electron chi connectivity index (χ4n) is 3.15. The van der Waals surface area contributed by atoms with Crippen molar-refractivity contribution in [2.45, 2.75) is 122 Å². The quantitative estimate of drug-likeness (QED) is 0.135. The van der Waals surface area contributed by atoms with Crippen LogP contribution in [0.5, 0.6) is 0 Å². The molecular weight excluding hydrogens is 308 g/mol. The Morgan fingerprint density at radius 2 is 1.04 bits per heavy atom. The van der Waals surface area contributed by atoms with Crippen LogP contribution in [0.4, 0.5) is 0 Å². The number of ether oxygens (including phenoxy) is 1. The predicted molar refractivity (Wildman–Crippen MR) is 110 cm³/mol. The van der Waals surface area contributed by atoms with E-state index in [1.165, 1.54) is 97.0 Å². The summed E-state index contributed by atoms with van der Waals surface area (Å²) in [6.45, 7) is 2.28. The monoisotopic (exact) mass is 352 g/mol. The standard InChI is InChI=1S/C23H44O2/c1-3-4-5-6-7-8-9-10-11-12-13-14-15-16-17-18-19-20-21-22-23(24)25-2/h17-18H,3-16,19-22H2,1-2H3. The van der Waals surface area contributed by atoms with E-state index in [2.05, 4.69) is 23.8 Å². The second-order valence-electron chi connectivity index (χ2n) is 7.32. The molecule has 0 aliphatic carbocycles. The highest BCUT2D eigenvalue weighted by Crippen LogP contribution is 2.13. The van der Waals surface area contributed by atoms with Gasteiger partial charge in [0.25, 0.3) is 0 Å². The molecule has 0 rings (SSSR count). The molecule has 0 saturated heterocycles. The molecule has 0 unspecified atom stereocenters. The van der Waals surface area contributed by atoms with Gasteiger partial charge in [0.15, 0.2) is 0 Å². The Kier molecular flexibility index (Phi) is 20.6. The van der Waals surface area contributed by atoms with E-state index in [0.717, 1.165) is 19.3 Å². The number of allylic oxidation sites excluding steroid dienone is 2. The van der Waals surface area contributed by atoms with Crippen molar-refractivity contribution in [2.24, 2.45) is 0 Å². The molecular formula is C23H44O2. The summed E-state index contributed by atoms with van der Waals surface area (Å²) in [5.41, 5.74) is 0. The number of carbonyl (C=O) groups excluding carboxylic acids is 1. The lowest BCUT2D eigenvalue weighted by Gasteiger charge is -2.02. The second kappa shape index (κ2) is 21.3. The van der Waals surface area contributed by atoms with E-state index < -0.39 is 0 Å². The molecule has 0 atom stereocenters. The van der Waals surface area contributed by atoms with E-state index in [-0.39, 0.29) is 5.97 Å². The summed E-state index contributed by atoms with van der Waals surface area (Å²) in [5, 5.41) is 0. The molecule has 25 heavy (non-hydrogen) atoms. The summed E-state index contributed by atoms with van der Waals surface area (Å²) in [4.78, 5) is 11.0. The number of unbranched alkanes of at least 4 members (excludes halogenated alkanes) is 15. The fourth-order valence-corrected chi connectivity index (χ4v) is 3.15. The third-order valence-corrected chi connectivity index (χ3v) is 4.87. The number of methoxy groups -OCH3 is 1. The maximum atomic E-state index is 11.0. The predicted octanol–water partition coefficient (Wildman–Crippen LogP) is 7.76. The highest BCUT2D eigenvalue weighted by Gasteiger charge is 1.97. The van der Waals surface area contributed by atoms with Crippen molar-refractivity contribution in [1.29, 1.82) is 0 Å². The molecule has 0 radical (unpaired) electrons. The lowest BCUT2D eigenvalue weighted by molar-refractivity contribution is -0.140. The summed E-state index contributed by atoms with van der Waals surface area (Å²) in [5.74, 6) is -0.0871. The minimum atomic E-state index is -0.0871. The molecule has 148 valence electrons. The van der Waals surface area contributed by atoms with Crippen LogP contribution in [0, 0.1) is 0 Å². The molecule has 0 aliphatic heterocycles. The average Bonchev–Trinajstić information content (AvgIpc) is 2.63. The van der Waals surface area contributed by atoms with Crippen LogP contribution >= 0.6 is 0 Å². The van der Waals surface area contributed by atoms with Gasteiger partial charge in [-0.05, 0) is 32.1 Å². The molecule has 0 saturated carbocycles. The molecule has 0 heterocycles. The summed E-state index contributed by atoms with van der Waals surface area (Å²) in [6, 6.07) is 0. The maximum absolute atomic E-state index is 11.0. The van der Waals surface area contributed by atoms with E-state index in [1.54, 1.807) is 0 Å². The molecule has 0 spiro atoms. The highest BCUT2D eigenvalue weighted by atomic mass is 16.5. The highest BCUT2D eigenvalue weighted by molar-refractivity contribution is 5.68. The van der Waals surface area contributed by atoms with Crippen LogP contribution in [-0.4, -0.2) is 13.1 Å². The molecule has 0 aromatic rings. The minimum absolute atomic E-state index is 0.0871. The fraction of sp³-hybridized carbons (Fsp3) is 0.870.